The number of H-pyrrole nitrogens is 1. The molecule has 0 aliphatic rings. The Balaban J connectivity index is 3.16. The van der Waals surface area contributed by atoms with Crippen LogP contribution >= 0.6 is 0 Å². The fraction of sp³-hybridized carbons (Fsp3) is 0.692. The van der Waals surface area contributed by atoms with Crippen molar-refractivity contribution in [3.63, 3.8) is 0 Å². The number of nitrogens with one attached hydrogen (secondary N) is 1. The van der Waals surface area contributed by atoms with E-state index < -0.39 is 11.6 Å². The zero-order valence-corrected chi connectivity index (χ0v) is 11.5. The van der Waals surface area contributed by atoms with Crippen LogP contribution in [0.4, 0.5) is 0 Å². The van der Waals surface area contributed by atoms with Crippen LogP contribution in [0.5, 0.6) is 0 Å². The molecule has 0 aromatic carbocycles. The van der Waals surface area contributed by atoms with E-state index in [1.807, 2.05) is 13.8 Å². The van der Waals surface area contributed by atoms with Crippen LogP contribution in [0, 0.1) is 0 Å². The van der Waals surface area contributed by atoms with E-state index in [9.17, 15) is 9.90 Å². The molecule has 0 unspecified atom stereocenters. The second-order valence-electron chi connectivity index (χ2n) is 4.50. The van der Waals surface area contributed by atoms with Crippen LogP contribution in [-0.2, 0) is 16.8 Å². The molecule has 0 amide bonds. The zero-order valence-electron chi connectivity index (χ0n) is 11.5. The molecule has 1 heterocycles. The van der Waals surface area contributed by atoms with Crippen molar-refractivity contribution >= 4 is 5.97 Å². The van der Waals surface area contributed by atoms with E-state index in [0.717, 1.165) is 12.8 Å². The molecular weight excluding hydrogens is 232 g/mol. The molecular formula is C13H22N2O3. The second-order valence-corrected chi connectivity index (χ2v) is 4.50. The molecule has 5 heteroatoms. The van der Waals surface area contributed by atoms with Gasteiger partial charge in [0, 0.05) is 6.42 Å². The molecule has 1 atom stereocenters. The van der Waals surface area contributed by atoms with Crippen LogP contribution in [0.25, 0.3) is 0 Å². The molecule has 102 valence electrons. The summed E-state index contributed by atoms with van der Waals surface area (Å²) in [5, 5.41) is 10.3. The number of carbonyl (C=O) groups excluding carboxylic acids is 1. The van der Waals surface area contributed by atoms with Gasteiger partial charge >= 0.3 is 5.97 Å². The average molecular weight is 254 g/mol. The molecule has 18 heavy (non-hydrogen) atoms. The Morgan fingerprint density at radius 1 is 1.44 bits per heavy atom. The molecule has 2 N–H and O–H groups in total. The summed E-state index contributed by atoms with van der Waals surface area (Å²) in [7, 11) is 0. The highest BCUT2D eigenvalue weighted by Crippen LogP contribution is 2.26. The normalized spacial score (nSPS) is 14.3. The van der Waals surface area contributed by atoms with Gasteiger partial charge in [0.2, 0.25) is 0 Å². The van der Waals surface area contributed by atoms with Gasteiger partial charge in [-0.3, -0.25) is 0 Å². The Morgan fingerprint density at radius 3 is 2.61 bits per heavy atom. The van der Waals surface area contributed by atoms with E-state index in [0.29, 0.717) is 24.5 Å². The Labute approximate surface area is 108 Å². The second kappa shape index (κ2) is 6.00. The minimum absolute atomic E-state index is 0.201. The summed E-state index contributed by atoms with van der Waals surface area (Å²) < 4.78 is 4.97. The summed E-state index contributed by atoms with van der Waals surface area (Å²) in [5.41, 5.74) is -0.444. The maximum atomic E-state index is 11.8. The molecule has 0 bridgehead atoms. The Bertz CT molecular complexity index is 410. The lowest BCUT2D eigenvalue weighted by Gasteiger charge is -2.20. The summed E-state index contributed by atoms with van der Waals surface area (Å²) >= 11 is 0. The number of aliphatic hydroxyl groups is 1. The molecule has 1 aromatic heterocycles. The number of ether oxygens (including phenoxy) is 1. The van der Waals surface area contributed by atoms with Gasteiger partial charge in [-0.15, -0.1) is 0 Å². The molecule has 1 aromatic rings. The van der Waals surface area contributed by atoms with Crippen molar-refractivity contribution in [2.75, 3.05) is 6.61 Å². The summed E-state index contributed by atoms with van der Waals surface area (Å²) in [4.78, 5) is 19.1. The van der Waals surface area contributed by atoms with Crippen LogP contribution in [0.2, 0.25) is 0 Å². The Kier molecular flexibility index (Phi) is 4.90. The smallest absolute Gasteiger partial charge is 0.358 e. The number of aryl methyl sites for hydroxylation is 1. The molecule has 0 radical (unpaired) electrons. The van der Waals surface area contributed by atoms with E-state index in [2.05, 4.69) is 9.97 Å². The third kappa shape index (κ3) is 3.10. The topological polar surface area (TPSA) is 75.2 Å². The molecule has 0 aliphatic heterocycles. The van der Waals surface area contributed by atoms with Gasteiger partial charge in [-0.1, -0.05) is 13.8 Å². The third-order valence-corrected chi connectivity index (χ3v) is 2.94. The zero-order chi connectivity index (χ0) is 13.8. The first-order valence-corrected chi connectivity index (χ1v) is 6.45. The molecule has 0 saturated carbocycles. The Morgan fingerprint density at radius 2 is 2.11 bits per heavy atom. The molecule has 1 rings (SSSR count). The summed E-state index contributed by atoms with van der Waals surface area (Å²) in [6, 6.07) is 0. The number of hydrogen-bond acceptors (Lipinski definition) is 4. The summed E-state index contributed by atoms with van der Waals surface area (Å²) in [6.45, 7) is 7.59. The predicted molar refractivity (Wildman–Crippen MR) is 68.4 cm³/mol. The number of aromatic amines is 1. The molecule has 0 saturated heterocycles. The first kappa shape index (κ1) is 14.7. The number of aromatic nitrogens is 2. The van der Waals surface area contributed by atoms with Gasteiger partial charge in [0.15, 0.2) is 5.69 Å². The van der Waals surface area contributed by atoms with Crippen LogP contribution in [0.1, 0.15) is 62.5 Å². The lowest BCUT2D eigenvalue weighted by Crippen LogP contribution is -2.24. The number of esters is 1. The number of imidazole rings is 1. The van der Waals surface area contributed by atoms with E-state index in [1.165, 1.54) is 0 Å². The van der Waals surface area contributed by atoms with Gasteiger partial charge in [-0.05, 0) is 26.7 Å². The quantitative estimate of drug-likeness (QED) is 0.763. The number of rotatable bonds is 6. The van der Waals surface area contributed by atoms with Gasteiger partial charge in [0.1, 0.15) is 11.4 Å². The van der Waals surface area contributed by atoms with Crippen molar-refractivity contribution in [2.45, 2.75) is 52.6 Å². The highest BCUT2D eigenvalue weighted by Gasteiger charge is 2.31. The van der Waals surface area contributed by atoms with Crippen molar-refractivity contribution in [1.29, 1.82) is 0 Å². The maximum absolute atomic E-state index is 11.8. The maximum Gasteiger partial charge on any atom is 0.358 e. The van der Waals surface area contributed by atoms with E-state index in [1.54, 1.807) is 13.8 Å². The largest absolute Gasteiger partial charge is 0.461 e. The molecule has 0 spiro atoms. The number of nitrogens with zero attached hydrogens (tertiary/aromatic N) is 1. The predicted octanol–water partition coefficient (Wildman–Crippen LogP) is 2.16. The van der Waals surface area contributed by atoms with Crippen molar-refractivity contribution in [3.05, 3.63) is 17.2 Å². The lowest BCUT2D eigenvalue weighted by atomic mass is 9.97. The minimum atomic E-state index is -1.10. The lowest BCUT2D eigenvalue weighted by molar-refractivity contribution is 0.0396. The number of carbonyl (C=O) groups is 1. The average Bonchev–Trinajstić information content (AvgIpc) is 2.75. The first-order valence-electron chi connectivity index (χ1n) is 6.45. The SMILES string of the molecule is CCCc1nc(C(=O)OCC)c([C@](C)(O)CC)[nH]1. The van der Waals surface area contributed by atoms with Crippen LogP contribution < -0.4 is 0 Å². The minimum Gasteiger partial charge on any atom is -0.461 e. The summed E-state index contributed by atoms with van der Waals surface area (Å²) in [6.07, 6.45) is 2.16. The van der Waals surface area contributed by atoms with Crippen LogP contribution in [0.15, 0.2) is 0 Å². The van der Waals surface area contributed by atoms with E-state index in [-0.39, 0.29) is 5.69 Å². The van der Waals surface area contributed by atoms with Crippen molar-refractivity contribution in [3.8, 4) is 0 Å². The van der Waals surface area contributed by atoms with Crippen LogP contribution in [-0.4, -0.2) is 27.7 Å². The van der Waals surface area contributed by atoms with Crippen molar-refractivity contribution in [2.24, 2.45) is 0 Å². The van der Waals surface area contributed by atoms with Gasteiger partial charge in [0.05, 0.1) is 12.3 Å². The fourth-order valence-electron chi connectivity index (χ4n) is 1.69. The van der Waals surface area contributed by atoms with Gasteiger partial charge in [-0.25, -0.2) is 9.78 Å². The molecule has 0 fully saturated rings. The first-order chi connectivity index (χ1) is 8.46. The highest BCUT2D eigenvalue weighted by molar-refractivity contribution is 5.89. The van der Waals surface area contributed by atoms with E-state index in [4.69, 9.17) is 4.74 Å². The number of hydrogen-bond donors (Lipinski definition) is 2. The third-order valence-electron chi connectivity index (χ3n) is 2.94. The van der Waals surface area contributed by atoms with Gasteiger partial charge < -0.3 is 14.8 Å². The van der Waals surface area contributed by atoms with Gasteiger partial charge in [-0.2, -0.15) is 0 Å². The van der Waals surface area contributed by atoms with Crippen LogP contribution in [0.3, 0.4) is 0 Å². The molecule has 0 aliphatic carbocycles. The van der Waals surface area contributed by atoms with Gasteiger partial charge in [0.25, 0.3) is 0 Å². The Hall–Kier alpha value is -1.36. The molecule has 5 nitrogen and oxygen atoms in total. The van der Waals surface area contributed by atoms with Crippen molar-refractivity contribution in [1.82, 2.24) is 9.97 Å². The standard InChI is InChI=1S/C13H22N2O3/c1-5-8-9-14-10(12(16)18-7-3)11(15-9)13(4,17)6-2/h17H,5-8H2,1-4H3,(H,14,15)/t13-/m1/s1. The van der Waals surface area contributed by atoms with E-state index >= 15 is 0 Å². The monoisotopic (exact) mass is 254 g/mol. The fourth-order valence-corrected chi connectivity index (χ4v) is 1.69. The van der Waals surface area contributed by atoms with Crippen molar-refractivity contribution < 1.29 is 14.6 Å². The summed E-state index contributed by atoms with van der Waals surface area (Å²) in [5.74, 6) is 0.226. The highest BCUT2D eigenvalue weighted by atomic mass is 16.5.